The van der Waals surface area contributed by atoms with Gasteiger partial charge in [0, 0.05) is 36.2 Å². The maximum absolute atomic E-state index is 14.8. The van der Waals surface area contributed by atoms with Crippen molar-refractivity contribution in [1.29, 1.82) is 0 Å². The zero-order valence-electron chi connectivity index (χ0n) is 23.3. The van der Waals surface area contributed by atoms with Gasteiger partial charge in [-0.15, -0.1) is 0 Å². The number of carbonyl (C=O) groups is 1. The van der Waals surface area contributed by atoms with E-state index in [-0.39, 0.29) is 29.3 Å². The van der Waals surface area contributed by atoms with Gasteiger partial charge in [-0.25, -0.2) is 18.7 Å². The zero-order chi connectivity index (χ0) is 28.9. The molecule has 1 saturated heterocycles. The Balaban J connectivity index is 1.23. The van der Waals surface area contributed by atoms with E-state index in [4.69, 9.17) is 18.9 Å². The van der Waals surface area contributed by atoms with E-state index in [1.807, 2.05) is 0 Å². The molecule has 6 bridgehead atoms. The number of nitrogens with one attached hydrogen (secondary N) is 2. The predicted molar refractivity (Wildman–Crippen MR) is 151 cm³/mol. The Bertz CT molecular complexity index is 1420. The summed E-state index contributed by atoms with van der Waals surface area (Å²) in [6.07, 6.45) is 7.32. The number of fused-ring (bicyclic) bond motifs is 7. The van der Waals surface area contributed by atoms with Crippen molar-refractivity contribution in [3.63, 3.8) is 0 Å². The van der Waals surface area contributed by atoms with Gasteiger partial charge in [-0.05, 0) is 68.9 Å². The summed E-state index contributed by atoms with van der Waals surface area (Å²) in [5.41, 5.74) is 1.37. The van der Waals surface area contributed by atoms with Crippen LogP contribution in [0.5, 0.6) is 11.5 Å². The fourth-order valence-electron chi connectivity index (χ4n) is 5.60. The number of benzene rings is 2. The lowest BCUT2D eigenvalue weighted by Gasteiger charge is -2.35. The summed E-state index contributed by atoms with van der Waals surface area (Å²) in [6, 6.07) is 9.32. The highest BCUT2D eigenvalue weighted by molar-refractivity contribution is 5.97. The van der Waals surface area contributed by atoms with Crippen LogP contribution >= 0.6 is 0 Å². The van der Waals surface area contributed by atoms with E-state index in [9.17, 15) is 13.6 Å². The van der Waals surface area contributed by atoms with E-state index >= 15 is 0 Å². The minimum absolute atomic E-state index is 0.00797. The van der Waals surface area contributed by atoms with E-state index in [1.54, 1.807) is 18.2 Å². The summed E-state index contributed by atoms with van der Waals surface area (Å²) >= 11 is 0. The number of aromatic nitrogens is 2. The van der Waals surface area contributed by atoms with E-state index in [2.05, 4.69) is 20.6 Å². The maximum Gasteiger partial charge on any atom is 0.255 e. The molecule has 1 spiro atoms. The van der Waals surface area contributed by atoms with Crippen molar-refractivity contribution in [2.24, 2.45) is 0 Å². The molecule has 6 rings (SSSR count). The lowest BCUT2D eigenvalue weighted by molar-refractivity contribution is -0.179. The molecule has 1 amide bonds. The molecule has 3 heterocycles. The number of ether oxygens (including phenoxy) is 4. The first kappa shape index (κ1) is 28.3. The minimum atomic E-state index is -0.650. The third-order valence-electron chi connectivity index (χ3n) is 7.88. The number of amides is 1. The SMILES string of the molecule is O=C(NC1CCC2(CC1)OCCO2)c1ccc2cc1OCCCCCCOc1cc(ccc1F)-c1nc(ncc1F)N2. The fraction of sp³-hybridized carbons (Fsp3) is 0.452. The number of anilines is 2. The Morgan fingerprint density at radius 2 is 1.62 bits per heavy atom. The molecular formula is C31H34F2N4O5. The molecule has 3 aliphatic rings. The highest BCUT2D eigenvalue weighted by Gasteiger charge is 2.40. The maximum atomic E-state index is 14.8. The Kier molecular flexibility index (Phi) is 8.48. The molecule has 1 aromatic heterocycles. The minimum Gasteiger partial charge on any atom is -0.493 e. The van der Waals surface area contributed by atoms with Crippen LogP contribution in [0.2, 0.25) is 0 Å². The molecule has 2 fully saturated rings. The fourth-order valence-corrected chi connectivity index (χ4v) is 5.60. The predicted octanol–water partition coefficient (Wildman–Crippen LogP) is 5.91. The van der Waals surface area contributed by atoms with Crippen LogP contribution in [-0.2, 0) is 9.47 Å². The number of hydrogen-bond donors (Lipinski definition) is 2. The van der Waals surface area contributed by atoms with Crippen molar-refractivity contribution in [3.05, 3.63) is 59.8 Å². The highest BCUT2D eigenvalue weighted by Crippen LogP contribution is 2.36. The number of rotatable bonds is 2. The lowest BCUT2D eigenvalue weighted by atomic mass is 9.90. The summed E-state index contributed by atoms with van der Waals surface area (Å²) < 4.78 is 52.5. The molecule has 222 valence electrons. The normalized spacial score (nSPS) is 19.1. The summed E-state index contributed by atoms with van der Waals surface area (Å²) in [7, 11) is 0. The summed E-state index contributed by atoms with van der Waals surface area (Å²) in [4.78, 5) is 21.8. The van der Waals surface area contributed by atoms with Gasteiger partial charge in [0.15, 0.2) is 23.2 Å². The molecular weight excluding hydrogens is 546 g/mol. The lowest BCUT2D eigenvalue weighted by Crippen LogP contribution is -2.44. The molecule has 0 radical (unpaired) electrons. The molecule has 1 saturated carbocycles. The largest absolute Gasteiger partial charge is 0.493 e. The van der Waals surface area contributed by atoms with Gasteiger partial charge in [-0.1, -0.05) is 0 Å². The van der Waals surface area contributed by atoms with Gasteiger partial charge < -0.3 is 29.6 Å². The van der Waals surface area contributed by atoms with Gasteiger partial charge in [0.1, 0.15) is 11.4 Å². The van der Waals surface area contributed by atoms with E-state index < -0.39 is 17.4 Å². The second-order valence-corrected chi connectivity index (χ2v) is 10.8. The van der Waals surface area contributed by atoms with Crippen LogP contribution in [0.25, 0.3) is 11.3 Å². The Morgan fingerprint density at radius 1 is 0.881 bits per heavy atom. The summed E-state index contributed by atoms with van der Waals surface area (Å²) in [6.45, 7) is 1.97. The van der Waals surface area contributed by atoms with Crippen LogP contribution < -0.4 is 20.1 Å². The first-order chi connectivity index (χ1) is 20.5. The van der Waals surface area contributed by atoms with Crippen LogP contribution in [-0.4, -0.2) is 54.1 Å². The summed E-state index contributed by atoms with van der Waals surface area (Å²) in [5.74, 6) is -1.25. The number of carbonyl (C=O) groups excluding carboxylic acids is 1. The van der Waals surface area contributed by atoms with Gasteiger partial charge in [0.25, 0.3) is 5.91 Å². The van der Waals surface area contributed by atoms with Gasteiger partial charge in [0.05, 0.1) is 38.2 Å². The number of halogens is 2. The Hall–Kier alpha value is -3.83. The second kappa shape index (κ2) is 12.6. The average Bonchev–Trinajstić information content (AvgIpc) is 3.45. The van der Waals surface area contributed by atoms with Crippen molar-refractivity contribution in [3.8, 4) is 22.8 Å². The molecule has 1 aliphatic carbocycles. The quantitative estimate of drug-likeness (QED) is 0.386. The van der Waals surface area contributed by atoms with E-state index in [1.165, 1.54) is 18.2 Å². The highest BCUT2D eigenvalue weighted by atomic mass is 19.1. The zero-order valence-corrected chi connectivity index (χ0v) is 23.3. The van der Waals surface area contributed by atoms with Crippen LogP contribution in [0.4, 0.5) is 20.4 Å². The second-order valence-electron chi connectivity index (χ2n) is 10.8. The molecule has 42 heavy (non-hydrogen) atoms. The molecule has 2 N–H and O–H groups in total. The van der Waals surface area contributed by atoms with Gasteiger partial charge >= 0.3 is 0 Å². The van der Waals surface area contributed by atoms with Crippen LogP contribution in [0.1, 0.15) is 61.7 Å². The van der Waals surface area contributed by atoms with Crippen LogP contribution in [0.15, 0.2) is 42.6 Å². The van der Waals surface area contributed by atoms with Crippen molar-refractivity contribution in [2.45, 2.75) is 63.2 Å². The van der Waals surface area contributed by atoms with E-state index in [0.717, 1.165) is 57.6 Å². The molecule has 11 heteroatoms. The van der Waals surface area contributed by atoms with Crippen molar-refractivity contribution in [1.82, 2.24) is 15.3 Å². The smallest absolute Gasteiger partial charge is 0.255 e. The Labute approximate surface area is 242 Å². The van der Waals surface area contributed by atoms with Gasteiger partial charge in [0.2, 0.25) is 5.95 Å². The molecule has 0 unspecified atom stereocenters. The molecule has 9 nitrogen and oxygen atoms in total. The standard InChI is InChI=1S/C31H34F2N4O5/c32-24-8-5-20-17-27(24)40-14-4-2-1-3-13-39-26-18-22(36-30-34-19-25(33)28(20)37-30)6-7-23(26)29(38)35-21-9-11-31(12-10-21)41-15-16-42-31/h5-8,17-19,21H,1-4,9-16H2,(H,35,38)(H,34,36,37). The van der Waals surface area contributed by atoms with Crippen molar-refractivity contribution >= 4 is 17.5 Å². The molecule has 2 aliphatic heterocycles. The Morgan fingerprint density at radius 3 is 2.38 bits per heavy atom. The summed E-state index contributed by atoms with van der Waals surface area (Å²) in [5, 5.41) is 6.23. The third kappa shape index (κ3) is 6.47. The monoisotopic (exact) mass is 580 g/mol. The van der Waals surface area contributed by atoms with Crippen LogP contribution in [0, 0.1) is 11.6 Å². The first-order valence-corrected chi connectivity index (χ1v) is 14.6. The average molecular weight is 581 g/mol. The number of hydrogen-bond acceptors (Lipinski definition) is 8. The molecule has 2 aromatic carbocycles. The van der Waals surface area contributed by atoms with Crippen LogP contribution in [0.3, 0.4) is 0 Å². The van der Waals surface area contributed by atoms with Gasteiger partial charge in [-0.3, -0.25) is 4.79 Å². The first-order valence-electron chi connectivity index (χ1n) is 14.6. The molecule has 0 atom stereocenters. The number of nitrogens with zero attached hydrogens (tertiary/aromatic N) is 2. The third-order valence-corrected chi connectivity index (χ3v) is 7.88. The topological polar surface area (TPSA) is 104 Å². The van der Waals surface area contributed by atoms with Crippen molar-refractivity contribution < 1.29 is 32.5 Å². The van der Waals surface area contributed by atoms with E-state index in [0.29, 0.717) is 49.0 Å². The van der Waals surface area contributed by atoms with Gasteiger partial charge in [-0.2, -0.15) is 0 Å². The van der Waals surface area contributed by atoms with Crippen molar-refractivity contribution in [2.75, 3.05) is 31.7 Å². The molecule has 3 aromatic rings.